The number of halogens is 1. The molecule has 0 saturated carbocycles. The number of amides is 2. The van der Waals surface area contributed by atoms with Crippen LogP contribution >= 0.6 is 27.7 Å². The second-order valence-electron chi connectivity index (χ2n) is 5.93. The number of hydrogen-bond donors (Lipinski definition) is 2. The van der Waals surface area contributed by atoms with Crippen LogP contribution in [-0.2, 0) is 16.1 Å². The minimum atomic E-state index is -0.219. The summed E-state index contributed by atoms with van der Waals surface area (Å²) in [5, 5.41) is 5.72. The van der Waals surface area contributed by atoms with Gasteiger partial charge in [0.05, 0.1) is 6.61 Å². The molecule has 2 aromatic rings. The lowest BCUT2D eigenvalue weighted by molar-refractivity contribution is -0.112. The van der Waals surface area contributed by atoms with E-state index in [1.165, 1.54) is 11.8 Å². The van der Waals surface area contributed by atoms with Gasteiger partial charge < -0.3 is 15.4 Å². The molecule has 0 unspecified atom stereocenters. The Labute approximate surface area is 170 Å². The summed E-state index contributed by atoms with van der Waals surface area (Å²) in [6.45, 7) is 2.82. The van der Waals surface area contributed by atoms with Gasteiger partial charge in [-0.15, -0.1) is 11.8 Å². The normalized spacial score (nSPS) is 13.7. The zero-order valence-electron chi connectivity index (χ0n) is 14.8. The molecule has 27 heavy (non-hydrogen) atoms. The fourth-order valence-corrected chi connectivity index (χ4v) is 3.85. The van der Waals surface area contributed by atoms with Gasteiger partial charge in [0, 0.05) is 28.0 Å². The van der Waals surface area contributed by atoms with Crippen molar-refractivity contribution >= 4 is 45.2 Å². The van der Waals surface area contributed by atoms with Crippen molar-refractivity contribution in [3.8, 4) is 0 Å². The molecule has 1 heterocycles. The SMILES string of the molecule is CC1=C(C(=O)Nc2cccc(C(=O)NCc3cccc(Br)c3)c2)SCCO1. The van der Waals surface area contributed by atoms with Crippen LogP contribution in [0.1, 0.15) is 22.8 Å². The largest absolute Gasteiger partial charge is 0.496 e. The minimum Gasteiger partial charge on any atom is -0.496 e. The van der Waals surface area contributed by atoms with Crippen molar-refractivity contribution in [3.63, 3.8) is 0 Å². The van der Waals surface area contributed by atoms with Crippen LogP contribution in [0.5, 0.6) is 0 Å². The first-order chi connectivity index (χ1) is 13.0. The van der Waals surface area contributed by atoms with Gasteiger partial charge in [-0.05, 0) is 42.8 Å². The highest BCUT2D eigenvalue weighted by atomic mass is 79.9. The molecule has 0 saturated heterocycles. The Morgan fingerprint density at radius 1 is 1.15 bits per heavy atom. The van der Waals surface area contributed by atoms with Crippen molar-refractivity contribution in [3.05, 3.63) is 74.8 Å². The van der Waals surface area contributed by atoms with E-state index in [4.69, 9.17) is 4.74 Å². The molecule has 0 atom stereocenters. The Hall–Kier alpha value is -2.25. The molecule has 0 aliphatic carbocycles. The Balaban J connectivity index is 1.64. The van der Waals surface area contributed by atoms with Crippen LogP contribution in [0.15, 0.2) is 63.7 Å². The van der Waals surface area contributed by atoms with E-state index >= 15 is 0 Å². The number of thioether (sulfide) groups is 1. The van der Waals surface area contributed by atoms with Crippen molar-refractivity contribution in [1.29, 1.82) is 0 Å². The number of benzene rings is 2. The fraction of sp³-hybridized carbons (Fsp3) is 0.200. The summed E-state index contributed by atoms with van der Waals surface area (Å²) in [5.74, 6) is 0.963. The van der Waals surface area contributed by atoms with E-state index < -0.39 is 0 Å². The second-order valence-corrected chi connectivity index (χ2v) is 7.95. The number of carbonyl (C=O) groups excluding carboxylic acids is 2. The Morgan fingerprint density at radius 3 is 2.74 bits per heavy atom. The van der Waals surface area contributed by atoms with Gasteiger partial charge in [0.25, 0.3) is 11.8 Å². The molecule has 0 fully saturated rings. The van der Waals surface area contributed by atoms with Gasteiger partial charge in [-0.1, -0.05) is 34.1 Å². The van der Waals surface area contributed by atoms with Crippen LogP contribution < -0.4 is 10.6 Å². The Morgan fingerprint density at radius 2 is 1.96 bits per heavy atom. The van der Waals surface area contributed by atoms with Crippen LogP contribution in [0, 0.1) is 0 Å². The van der Waals surface area contributed by atoms with Gasteiger partial charge in [0.2, 0.25) is 0 Å². The maximum absolute atomic E-state index is 12.4. The standard InChI is InChI=1S/C20H19BrN2O3S/c1-13-18(27-9-8-26-13)20(25)23-17-7-3-5-15(11-17)19(24)22-12-14-4-2-6-16(21)10-14/h2-7,10-11H,8-9,12H2,1H3,(H,22,24)(H,23,25). The van der Waals surface area contributed by atoms with Gasteiger partial charge >= 0.3 is 0 Å². The number of rotatable bonds is 5. The van der Waals surface area contributed by atoms with Gasteiger partial charge in [0.1, 0.15) is 10.7 Å². The lowest BCUT2D eigenvalue weighted by Crippen LogP contribution is -2.23. The molecule has 2 N–H and O–H groups in total. The highest BCUT2D eigenvalue weighted by molar-refractivity contribution is 9.10. The van der Waals surface area contributed by atoms with Crippen molar-refractivity contribution in [1.82, 2.24) is 5.32 Å². The quantitative estimate of drug-likeness (QED) is 0.717. The average Bonchev–Trinajstić information content (AvgIpc) is 2.66. The summed E-state index contributed by atoms with van der Waals surface area (Å²) < 4.78 is 6.39. The summed E-state index contributed by atoms with van der Waals surface area (Å²) in [4.78, 5) is 25.4. The number of nitrogens with one attached hydrogen (secondary N) is 2. The monoisotopic (exact) mass is 446 g/mol. The minimum absolute atomic E-state index is 0.197. The molecule has 2 amide bonds. The molecule has 140 valence electrons. The maximum atomic E-state index is 12.4. The van der Waals surface area contributed by atoms with Crippen LogP contribution in [-0.4, -0.2) is 24.2 Å². The first-order valence-electron chi connectivity index (χ1n) is 8.43. The molecule has 0 aromatic heterocycles. The summed E-state index contributed by atoms with van der Waals surface area (Å²) in [5.41, 5.74) is 2.06. The summed E-state index contributed by atoms with van der Waals surface area (Å²) in [6, 6.07) is 14.6. The number of allylic oxidation sites excluding steroid dienone is 1. The fourth-order valence-electron chi connectivity index (χ4n) is 2.59. The number of hydrogen-bond acceptors (Lipinski definition) is 4. The van der Waals surface area contributed by atoms with Crippen LogP contribution in [0.25, 0.3) is 0 Å². The molecule has 2 aromatic carbocycles. The average molecular weight is 447 g/mol. The highest BCUT2D eigenvalue weighted by Crippen LogP contribution is 2.26. The predicted octanol–water partition coefficient (Wildman–Crippen LogP) is 4.31. The summed E-state index contributed by atoms with van der Waals surface area (Å²) >= 11 is 4.89. The Bertz CT molecular complexity index is 898. The van der Waals surface area contributed by atoms with Crippen molar-refractivity contribution < 1.29 is 14.3 Å². The highest BCUT2D eigenvalue weighted by Gasteiger charge is 2.19. The van der Waals surface area contributed by atoms with Crippen LogP contribution in [0.2, 0.25) is 0 Å². The van der Waals surface area contributed by atoms with Gasteiger partial charge in [0.15, 0.2) is 0 Å². The van der Waals surface area contributed by atoms with E-state index in [1.807, 2.05) is 24.3 Å². The molecular formula is C20H19BrN2O3S. The topological polar surface area (TPSA) is 67.4 Å². The van der Waals surface area contributed by atoms with E-state index in [2.05, 4.69) is 26.6 Å². The first-order valence-corrected chi connectivity index (χ1v) is 10.2. The first kappa shape index (κ1) is 19.5. The van der Waals surface area contributed by atoms with Gasteiger partial charge in [-0.3, -0.25) is 9.59 Å². The molecular weight excluding hydrogens is 428 g/mol. The molecule has 0 bridgehead atoms. The van der Waals surface area contributed by atoms with Crippen LogP contribution in [0.3, 0.4) is 0 Å². The Kier molecular flexibility index (Phi) is 6.58. The lowest BCUT2D eigenvalue weighted by atomic mass is 10.1. The molecule has 1 aliphatic rings. The predicted molar refractivity (Wildman–Crippen MR) is 111 cm³/mol. The third kappa shape index (κ3) is 5.37. The zero-order chi connectivity index (χ0) is 19.2. The van der Waals surface area contributed by atoms with Crippen molar-refractivity contribution in [2.45, 2.75) is 13.5 Å². The summed E-state index contributed by atoms with van der Waals surface area (Å²) in [6.07, 6.45) is 0. The molecule has 0 spiro atoms. The van der Waals surface area contributed by atoms with E-state index in [9.17, 15) is 9.59 Å². The third-order valence-electron chi connectivity index (χ3n) is 3.90. The number of anilines is 1. The maximum Gasteiger partial charge on any atom is 0.265 e. The second kappa shape index (κ2) is 9.10. The number of carbonyl (C=O) groups is 2. The lowest BCUT2D eigenvalue weighted by Gasteiger charge is -2.17. The molecule has 1 aliphatic heterocycles. The van der Waals surface area contributed by atoms with E-state index in [-0.39, 0.29) is 11.8 Å². The molecule has 3 rings (SSSR count). The third-order valence-corrected chi connectivity index (χ3v) is 5.52. The van der Waals surface area contributed by atoms with Gasteiger partial charge in [-0.2, -0.15) is 0 Å². The molecule has 5 nitrogen and oxygen atoms in total. The van der Waals surface area contributed by atoms with Crippen molar-refractivity contribution in [2.75, 3.05) is 17.7 Å². The molecule has 7 heteroatoms. The smallest absolute Gasteiger partial charge is 0.265 e. The van der Waals surface area contributed by atoms with E-state index in [0.717, 1.165) is 15.8 Å². The summed E-state index contributed by atoms with van der Waals surface area (Å²) in [7, 11) is 0. The van der Waals surface area contributed by atoms with E-state index in [1.54, 1.807) is 31.2 Å². The number of ether oxygens (including phenoxy) is 1. The molecule has 0 radical (unpaired) electrons. The van der Waals surface area contributed by atoms with Crippen molar-refractivity contribution in [2.24, 2.45) is 0 Å². The van der Waals surface area contributed by atoms with Crippen LogP contribution in [0.4, 0.5) is 5.69 Å². The van der Waals surface area contributed by atoms with E-state index in [0.29, 0.717) is 35.1 Å². The zero-order valence-corrected chi connectivity index (χ0v) is 17.2. The van der Waals surface area contributed by atoms with Gasteiger partial charge in [-0.25, -0.2) is 0 Å².